The molecule has 9 atom stereocenters. The maximum atomic E-state index is 12.8. The molecule has 0 aliphatic carbocycles. The number of hydrogen-bond donors (Lipinski definition) is 7. The third kappa shape index (κ3) is 12.4. The normalized spacial score (nSPS) is 27.5. The lowest BCUT2D eigenvalue weighted by molar-refractivity contribution is -0.0695. The first-order valence-electron chi connectivity index (χ1n) is 19.2. The molecule has 1 unspecified atom stereocenters. The van der Waals surface area contributed by atoms with Gasteiger partial charge in [-0.05, 0) is 18.6 Å². The highest BCUT2D eigenvalue weighted by atomic mass is 31.2. The summed E-state index contributed by atoms with van der Waals surface area (Å²) in [7, 11) is -4.98. The van der Waals surface area contributed by atoms with Crippen molar-refractivity contribution in [3.05, 3.63) is 45.5 Å². The molecule has 0 aromatic carbocycles. The van der Waals surface area contributed by atoms with Crippen molar-refractivity contribution < 1.29 is 48.4 Å². The first-order chi connectivity index (χ1) is 26.3. The van der Waals surface area contributed by atoms with Crippen LogP contribution in [-0.2, 0) is 23.1 Å². The van der Waals surface area contributed by atoms with Crippen molar-refractivity contribution in [1.82, 2.24) is 19.1 Å². The largest absolute Gasteiger partial charge is 0.472 e. The van der Waals surface area contributed by atoms with Crippen LogP contribution >= 0.6 is 7.82 Å². The zero-order chi connectivity index (χ0) is 40.0. The lowest BCUT2D eigenvalue weighted by atomic mass is 9.93. The highest BCUT2D eigenvalue weighted by Crippen LogP contribution is 2.46. The third-order valence-electron chi connectivity index (χ3n) is 9.94. The van der Waals surface area contributed by atoms with Crippen molar-refractivity contribution in [2.45, 2.75) is 145 Å². The summed E-state index contributed by atoms with van der Waals surface area (Å²) in [6, 6.07) is 2.78. The minimum Gasteiger partial charge on any atom is -0.387 e. The Labute approximate surface area is 320 Å². The molecule has 0 spiro atoms. The number of rotatable bonds is 24. The fourth-order valence-corrected chi connectivity index (χ4v) is 7.37. The number of nitrogens with one attached hydrogen (secondary N) is 1. The monoisotopic (exact) mass is 796 g/mol. The summed E-state index contributed by atoms with van der Waals surface area (Å²) in [6.07, 6.45) is 14.5. The van der Waals surface area contributed by atoms with Crippen LogP contribution in [0.5, 0.6) is 0 Å². The zero-order valence-corrected chi connectivity index (χ0v) is 32.3. The second-order valence-electron chi connectivity index (χ2n) is 14.1. The molecule has 0 bridgehead atoms. The van der Waals surface area contributed by atoms with Crippen LogP contribution in [0.4, 0.5) is 11.6 Å². The van der Waals surface area contributed by atoms with Crippen molar-refractivity contribution in [3.63, 3.8) is 0 Å². The number of nitrogens with zero attached hydrogens (tertiary/aromatic N) is 4. The number of nitrogens with two attached hydrogens (primary N) is 1. The SMILES string of the molecule is C#C[C@]1(O)[C@H](COP(=O)(O)OC[C@H]2O[C@@H](n3ccc(NCCCCCCCCCCCCCCCC)nc3=O)[C@@H](O)[C@@H]2O)O[C@H](n2ccc(N)nc2=O)[C@H]1O. The van der Waals surface area contributed by atoms with Gasteiger partial charge in [0.1, 0.15) is 42.2 Å². The molecule has 0 amide bonds. The summed E-state index contributed by atoms with van der Waals surface area (Å²) in [5, 5.41) is 45.9. The third-order valence-corrected chi connectivity index (χ3v) is 10.9. The number of aliphatic hydroxyl groups excluding tert-OH is 3. The molecule has 8 N–H and O–H groups in total. The average Bonchev–Trinajstić information content (AvgIpc) is 3.58. The summed E-state index contributed by atoms with van der Waals surface area (Å²) >= 11 is 0. The molecule has 2 aromatic heterocycles. The predicted molar refractivity (Wildman–Crippen MR) is 202 cm³/mol. The Morgan fingerprint density at radius 2 is 1.40 bits per heavy atom. The van der Waals surface area contributed by atoms with Gasteiger partial charge in [0, 0.05) is 18.9 Å². The number of anilines is 2. The topological polar surface area (TPSA) is 263 Å². The van der Waals surface area contributed by atoms with Gasteiger partial charge in [-0.2, -0.15) is 9.97 Å². The van der Waals surface area contributed by atoms with Gasteiger partial charge in [0.15, 0.2) is 18.1 Å². The number of aliphatic hydroxyl groups is 4. The first kappa shape index (κ1) is 44.5. The van der Waals surface area contributed by atoms with Gasteiger partial charge in [-0.3, -0.25) is 18.2 Å². The van der Waals surface area contributed by atoms with E-state index in [4.69, 9.17) is 30.7 Å². The van der Waals surface area contributed by atoms with E-state index in [9.17, 15) is 39.5 Å². The van der Waals surface area contributed by atoms with E-state index in [1.807, 2.05) is 5.92 Å². The summed E-state index contributed by atoms with van der Waals surface area (Å²) in [4.78, 5) is 43.0. The molecular weight excluding hydrogens is 739 g/mol. The van der Waals surface area contributed by atoms with Crippen molar-refractivity contribution >= 4 is 19.5 Å². The van der Waals surface area contributed by atoms with E-state index in [0.717, 1.165) is 34.6 Å². The van der Waals surface area contributed by atoms with Gasteiger partial charge in [0.05, 0.1) is 13.2 Å². The molecule has 55 heavy (non-hydrogen) atoms. The van der Waals surface area contributed by atoms with Crippen molar-refractivity contribution in [2.75, 3.05) is 30.8 Å². The fourth-order valence-electron chi connectivity index (χ4n) is 6.64. The van der Waals surface area contributed by atoms with Crippen LogP contribution in [0.3, 0.4) is 0 Å². The Bertz CT molecular complexity index is 1710. The Kier molecular flexibility index (Phi) is 17.3. The molecule has 0 radical (unpaired) electrons. The van der Waals surface area contributed by atoms with Crippen molar-refractivity contribution in [2.24, 2.45) is 0 Å². The lowest BCUT2D eigenvalue weighted by Crippen LogP contribution is -2.48. The number of terminal acetylenes is 1. The summed E-state index contributed by atoms with van der Waals surface area (Å²) in [6.45, 7) is 1.21. The molecule has 4 heterocycles. The van der Waals surface area contributed by atoms with Gasteiger partial charge in [0.2, 0.25) is 0 Å². The molecule has 2 saturated heterocycles. The molecule has 2 aromatic rings. The number of nitrogen functional groups attached to an aromatic ring is 1. The molecule has 2 aliphatic rings. The number of phosphoric ester groups is 1. The average molecular weight is 797 g/mol. The number of hydrogen-bond acceptors (Lipinski definition) is 15. The number of phosphoric acid groups is 1. The number of aromatic nitrogens is 4. The quantitative estimate of drug-likeness (QED) is 0.0457. The van der Waals surface area contributed by atoms with E-state index in [1.165, 1.54) is 89.0 Å². The van der Waals surface area contributed by atoms with Crippen molar-refractivity contribution in [1.29, 1.82) is 0 Å². The lowest BCUT2D eigenvalue weighted by Gasteiger charge is -2.25. The second-order valence-corrected chi connectivity index (χ2v) is 15.6. The van der Waals surface area contributed by atoms with Crippen LogP contribution in [0.25, 0.3) is 0 Å². The van der Waals surface area contributed by atoms with Crippen LogP contribution in [0.15, 0.2) is 34.1 Å². The van der Waals surface area contributed by atoms with Crippen LogP contribution in [0, 0.1) is 12.3 Å². The molecular formula is C36H57N6O12P. The van der Waals surface area contributed by atoms with E-state index in [0.29, 0.717) is 12.4 Å². The van der Waals surface area contributed by atoms with E-state index in [-0.39, 0.29) is 5.82 Å². The minimum atomic E-state index is -4.98. The molecule has 18 nitrogen and oxygen atoms in total. The van der Waals surface area contributed by atoms with E-state index < -0.39 is 81.0 Å². The fraction of sp³-hybridized carbons (Fsp3) is 0.722. The maximum Gasteiger partial charge on any atom is 0.472 e. The first-order valence-corrected chi connectivity index (χ1v) is 20.7. The van der Waals surface area contributed by atoms with Crippen molar-refractivity contribution in [3.8, 4) is 12.3 Å². The van der Waals surface area contributed by atoms with E-state index in [2.05, 4.69) is 22.2 Å². The Morgan fingerprint density at radius 3 is 1.98 bits per heavy atom. The predicted octanol–water partition coefficient (Wildman–Crippen LogP) is 2.35. The second kappa shape index (κ2) is 21.4. The van der Waals surface area contributed by atoms with E-state index in [1.54, 1.807) is 0 Å². The highest BCUT2D eigenvalue weighted by molar-refractivity contribution is 7.47. The summed E-state index contributed by atoms with van der Waals surface area (Å²) in [5.41, 5.74) is 1.35. The summed E-state index contributed by atoms with van der Waals surface area (Å²) in [5.74, 6) is 2.21. The smallest absolute Gasteiger partial charge is 0.387 e. The van der Waals surface area contributed by atoms with Gasteiger partial charge in [-0.1, -0.05) is 96.3 Å². The Morgan fingerprint density at radius 1 is 0.855 bits per heavy atom. The zero-order valence-electron chi connectivity index (χ0n) is 31.4. The van der Waals surface area contributed by atoms with Crippen LogP contribution in [0.1, 0.15) is 109 Å². The molecule has 0 saturated carbocycles. The van der Waals surface area contributed by atoms with Gasteiger partial charge < -0.3 is 45.8 Å². The number of ether oxygens (including phenoxy) is 2. The van der Waals surface area contributed by atoms with Crippen LogP contribution in [-0.4, -0.2) is 100 Å². The number of unbranched alkanes of at least 4 members (excludes halogenated alkanes) is 13. The highest BCUT2D eigenvalue weighted by Gasteiger charge is 2.56. The molecule has 2 aliphatic heterocycles. The van der Waals surface area contributed by atoms with Gasteiger partial charge in [-0.15, -0.1) is 6.42 Å². The van der Waals surface area contributed by atoms with Gasteiger partial charge >= 0.3 is 19.2 Å². The Hall–Kier alpha value is -3.21. The molecule has 2 fully saturated rings. The molecule has 19 heteroatoms. The van der Waals surface area contributed by atoms with Crippen LogP contribution in [0.2, 0.25) is 0 Å². The standard InChI is InChI=1S/C36H57N6O12P/c1-3-5-6-7-8-9-10-11-12-13-14-15-16-17-20-38-28-19-22-41(35(47)40-28)32-30(44)29(43)25(53-32)23-51-55(49,50)52-24-26-36(48,4-2)31(45)33(54-26)42-21-18-27(37)39-34(42)46/h2,18-19,21-22,25-26,29-33,43-45,48H,3,5-17,20,23-24H2,1H3,(H,49,50)(H2,37,39,46)(H,38,40,47)/t25-,26+,29-,30+,31-,32-,33+,36+/m1/s1. The van der Waals surface area contributed by atoms with Gasteiger partial charge in [-0.25, -0.2) is 14.2 Å². The summed E-state index contributed by atoms with van der Waals surface area (Å²) < 4.78 is 35.6. The maximum absolute atomic E-state index is 12.8. The molecule has 308 valence electrons. The minimum absolute atomic E-state index is 0.103. The Balaban J connectivity index is 1.17. The van der Waals surface area contributed by atoms with Crippen LogP contribution < -0.4 is 22.4 Å². The van der Waals surface area contributed by atoms with Gasteiger partial charge in [0.25, 0.3) is 0 Å². The molecule has 4 rings (SSSR count). The van der Waals surface area contributed by atoms with E-state index >= 15 is 0 Å².